The second kappa shape index (κ2) is 5.81. The number of nitrogen functional groups attached to an aromatic ring is 1. The van der Waals surface area contributed by atoms with E-state index in [0.717, 1.165) is 12.1 Å². The van der Waals surface area contributed by atoms with Gasteiger partial charge in [0.15, 0.2) is 0 Å². The molecule has 0 radical (unpaired) electrons. The average Bonchev–Trinajstić information content (AvgIpc) is 2.37. The van der Waals surface area contributed by atoms with E-state index in [2.05, 4.69) is 4.72 Å². The van der Waals surface area contributed by atoms with E-state index < -0.39 is 15.8 Å². The number of nitrogens with two attached hydrogens (primary N) is 1. The second-order valence-electron chi connectivity index (χ2n) is 4.44. The lowest BCUT2D eigenvalue weighted by Crippen LogP contribution is -2.15. The van der Waals surface area contributed by atoms with Crippen molar-refractivity contribution >= 4 is 21.4 Å². The molecule has 108 valence electrons. The number of rotatable bonds is 4. The zero-order chi connectivity index (χ0) is 15.5. The topological polar surface area (TPSA) is 96.0 Å². The predicted molar refractivity (Wildman–Crippen MR) is 78.2 cm³/mol. The summed E-state index contributed by atoms with van der Waals surface area (Å²) in [5.74, 6) is -0.902. The Balaban J connectivity index is 2.16. The molecule has 0 atom stereocenters. The fourth-order valence-corrected chi connectivity index (χ4v) is 2.96. The van der Waals surface area contributed by atoms with Crippen LogP contribution in [0.5, 0.6) is 0 Å². The lowest BCUT2D eigenvalue weighted by Gasteiger charge is -2.09. The molecule has 0 saturated carbocycles. The third-order valence-electron chi connectivity index (χ3n) is 2.63. The van der Waals surface area contributed by atoms with E-state index in [1.165, 1.54) is 18.2 Å². The highest BCUT2D eigenvalue weighted by Gasteiger charge is 2.12. The molecule has 3 N–H and O–H groups in total. The molecule has 0 heterocycles. The van der Waals surface area contributed by atoms with Crippen molar-refractivity contribution in [3.05, 3.63) is 59.4 Å². The van der Waals surface area contributed by atoms with Gasteiger partial charge >= 0.3 is 0 Å². The van der Waals surface area contributed by atoms with Gasteiger partial charge < -0.3 is 5.73 Å². The number of hydrogen-bond donors (Lipinski definition) is 2. The Morgan fingerprint density at radius 3 is 2.43 bits per heavy atom. The summed E-state index contributed by atoms with van der Waals surface area (Å²) in [7, 11) is -3.70. The van der Waals surface area contributed by atoms with Gasteiger partial charge in [0.1, 0.15) is 5.82 Å². The van der Waals surface area contributed by atoms with Crippen molar-refractivity contribution in [2.24, 2.45) is 0 Å². The van der Waals surface area contributed by atoms with Crippen LogP contribution in [0.15, 0.2) is 42.5 Å². The van der Waals surface area contributed by atoms with Crippen molar-refractivity contribution in [2.75, 3.05) is 10.5 Å². The molecule has 2 aromatic rings. The van der Waals surface area contributed by atoms with Gasteiger partial charge in [-0.25, -0.2) is 12.8 Å². The molecule has 0 saturated heterocycles. The van der Waals surface area contributed by atoms with E-state index in [0.29, 0.717) is 11.1 Å². The van der Waals surface area contributed by atoms with Crippen LogP contribution >= 0.6 is 0 Å². The summed E-state index contributed by atoms with van der Waals surface area (Å²) in [4.78, 5) is 0. The van der Waals surface area contributed by atoms with E-state index >= 15 is 0 Å². The van der Waals surface area contributed by atoms with Crippen LogP contribution in [0.2, 0.25) is 0 Å². The molecule has 0 bridgehead atoms. The summed E-state index contributed by atoms with van der Waals surface area (Å²) < 4.78 is 39.4. The Morgan fingerprint density at radius 2 is 1.86 bits per heavy atom. The van der Waals surface area contributed by atoms with Crippen LogP contribution in [-0.2, 0) is 15.8 Å². The van der Waals surface area contributed by atoms with Gasteiger partial charge in [-0.05, 0) is 35.9 Å². The van der Waals surface area contributed by atoms with Crippen LogP contribution in [0.1, 0.15) is 11.1 Å². The van der Waals surface area contributed by atoms with E-state index in [4.69, 9.17) is 11.0 Å². The molecule has 2 rings (SSSR count). The first-order valence-corrected chi connectivity index (χ1v) is 7.59. The zero-order valence-corrected chi connectivity index (χ0v) is 11.7. The van der Waals surface area contributed by atoms with Crippen LogP contribution in [-0.4, -0.2) is 8.42 Å². The van der Waals surface area contributed by atoms with E-state index in [9.17, 15) is 12.8 Å². The van der Waals surface area contributed by atoms with Crippen LogP contribution < -0.4 is 10.5 Å². The Morgan fingerprint density at radius 1 is 1.19 bits per heavy atom. The molecule has 21 heavy (non-hydrogen) atoms. The van der Waals surface area contributed by atoms with Gasteiger partial charge in [0.25, 0.3) is 0 Å². The maximum absolute atomic E-state index is 13.2. The third kappa shape index (κ3) is 4.19. The fourth-order valence-electron chi connectivity index (χ4n) is 1.78. The first-order chi connectivity index (χ1) is 9.88. The third-order valence-corrected chi connectivity index (χ3v) is 3.89. The fraction of sp³-hybridized carbons (Fsp3) is 0.0714. The summed E-state index contributed by atoms with van der Waals surface area (Å²) in [5.41, 5.74) is 6.62. The molecule has 0 fully saturated rings. The summed E-state index contributed by atoms with van der Waals surface area (Å²) in [5, 5.41) is 8.68. The molecule has 7 heteroatoms. The quantitative estimate of drug-likeness (QED) is 0.846. The molecular formula is C14H12FN3O2S. The molecule has 0 aliphatic heterocycles. The Bertz CT molecular complexity index is 776. The number of anilines is 2. The van der Waals surface area contributed by atoms with Gasteiger partial charge in [-0.15, -0.1) is 0 Å². The number of nitrogens with one attached hydrogen (secondary N) is 1. The van der Waals surface area contributed by atoms with Crippen molar-refractivity contribution in [3.63, 3.8) is 0 Å². The van der Waals surface area contributed by atoms with Crippen molar-refractivity contribution in [3.8, 4) is 6.07 Å². The van der Waals surface area contributed by atoms with Gasteiger partial charge in [0, 0.05) is 5.69 Å². The number of benzene rings is 2. The summed E-state index contributed by atoms with van der Waals surface area (Å²) in [6.07, 6.45) is 0. The Hall–Kier alpha value is -2.59. The SMILES string of the molecule is N#Cc1ccc(CS(=O)(=O)Nc2cc(N)cc(F)c2)cc1. The summed E-state index contributed by atoms with van der Waals surface area (Å²) >= 11 is 0. The van der Waals surface area contributed by atoms with E-state index in [1.54, 1.807) is 12.1 Å². The van der Waals surface area contributed by atoms with Crippen LogP contribution in [0.4, 0.5) is 15.8 Å². The smallest absolute Gasteiger partial charge is 0.236 e. The normalized spacial score (nSPS) is 10.9. The molecular weight excluding hydrogens is 293 g/mol. The Labute approximate surface area is 121 Å². The van der Waals surface area contributed by atoms with Crippen molar-refractivity contribution in [1.29, 1.82) is 5.26 Å². The molecule has 5 nitrogen and oxygen atoms in total. The zero-order valence-electron chi connectivity index (χ0n) is 10.9. The molecule has 0 spiro atoms. The van der Waals surface area contributed by atoms with Gasteiger partial charge in [-0.2, -0.15) is 5.26 Å². The summed E-state index contributed by atoms with van der Waals surface area (Å²) in [6.45, 7) is 0. The lowest BCUT2D eigenvalue weighted by atomic mass is 10.2. The van der Waals surface area contributed by atoms with Gasteiger partial charge in [0.2, 0.25) is 10.0 Å². The number of sulfonamides is 1. The molecule has 0 aliphatic rings. The van der Waals surface area contributed by atoms with E-state index in [-0.39, 0.29) is 17.1 Å². The van der Waals surface area contributed by atoms with E-state index in [1.807, 2.05) is 6.07 Å². The van der Waals surface area contributed by atoms with Crippen LogP contribution in [0.3, 0.4) is 0 Å². The summed E-state index contributed by atoms with van der Waals surface area (Å²) in [6, 6.07) is 11.6. The van der Waals surface area contributed by atoms with Crippen LogP contribution in [0.25, 0.3) is 0 Å². The first kappa shape index (κ1) is 14.8. The minimum absolute atomic E-state index is 0.0705. The standard InChI is InChI=1S/C14H12FN3O2S/c15-12-5-13(17)7-14(6-12)18-21(19,20)9-11-3-1-10(8-16)2-4-11/h1-7,18H,9,17H2. The number of nitrogens with zero attached hydrogens (tertiary/aromatic N) is 1. The molecule has 0 aromatic heterocycles. The number of halogens is 1. The molecule has 0 unspecified atom stereocenters. The highest BCUT2D eigenvalue weighted by molar-refractivity contribution is 7.91. The van der Waals surface area contributed by atoms with Gasteiger partial charge in [-0.3, -0.25) is 4.72 Å². The monoisotopic (exact) mass is 305 g/mol. The average molecular weight is 305 g/mol. The van der Waals surface area contributed by atoms with Gasteiger partial charge in [0.05, 0.1) is 23.1 Å². The first-order valence-electron chi connectivity index (χ1n) is 5.93. The number of nitriles is 1. The van der Waals surface area contributed by atoms with Crippen molar-refractivity contribution in [1.82, 2.24) is 0 Å². The minimum Gasteiger partial charge on any atom is -0.399 e. The largest absolute Gasteiger partial charge is 0.399 e. The minimum atomic E-state index is -3.70. The molecule has 0 aliphatic carbocycles. The number of hydrogen-bond acceptors (Lipinski definition) is 4. The molecule has 2 aromatic carbocycles. The highest BCUT2D eigenvalue weighted by atomic mass is 32.2. The predicted octanol–water partition coefficient (Wildman–Crippen LogP) is 2.22. The maximum Gasteiger partial charge on any atom is 0.236 e. The maximum atomic E-state index is 13.2. The Kier molecular flexibility index (Phi) is 4.10. The lowest BCUT2D eigenvalue weighted by molar-refractivity contribution is 0.600. The van der Waals surface area contributed by atoms with Gasteiger partial charge in [-0.1, -0.05) is 12.1 Å². The van der Waals surface area contributed by atoms with Crippen LogP contribution in [0, 0.1) is 17.1 Å². The van der Waals surface area contributed by atoms with Crippen molar-refractivity contribution in [2.45, 2.75) is 5.75 Å². The van der Waals surface area contributed by atoms with Crippen molar-refractivity contribution < 1.29 is 12.8 Å². The highest BCUT2D eigenvalue weighted by Crippen LogP contribution is 2.18. The molecule has 0 amide bonds. The second-order valence-corrected chi connectivity index (χ2v) is 6.17.